The van der Waals surface area contributed by atoms with Gasteiger partial charge in [0.05, 0.1) is 17.0 Å². The van der Waals surface area contributed by atoms with Crippen molar-refractivity contribution < 1.29 is 13.2 Å². The Morgan fingerprint density at radius 2 is 1.96 bits per heavy atom. The van der Waals surface area contributed by atoms with Gasteiger partial charge in [0.25, 0.3) is 5.91 Å². The Labute approximate surface area is 151 Å². The Morgan fingerprint density at radius 3 is 2.64 bits per heavy atom. The minimum absolute atomic E-state index is 0.0738. The Bertz CT molecular complexity index is 856. The van der Waals surface area contributed by atoms with Crippen LogP contribution in [0, 0.1) is 6.92 Å². The molecule has 1 aliphatic heterocycles. The molecule has 0 atom stereocenters. The maximum absolute atomic E-state index is 12.9. The average Bonchev–Trinajstić information content (AvgIpc) is 3.06. The standard InChI is InChI=1S/C17H21N3O3S2/c1-13-12-24-16(19-13)11-18-17(21)14-7-3-4-8-15(14)25(22,23)20-9-5-2-6-10-20/h3-4,7-8,12H,2,5-6,9-11H2,1H3,(H,18,21). The zero-order valence-electron chi connectivity index (χ0n) is 14.1. The number of nitrogens with one attached hydrogen (secondary N) is 1. The molecule has 1 saturated heterocycles. The van der Waals surface area contributed by atoms with Crippen molar-refractivity contribution in [3.8, 4) is 0 Å². The predicted molar refractivity (Wildman–Crippen MR) is 97.1 cm³/mol. The first-order chi connectivity index (χ1) is 12.0. The zero-order chi connectivity index (χ0) is 17.9. The predicted octanol–water partition coefficient (Wildman–Crippen LogP) is 2.56. The molecule has 0 bridgehead atoms. The molecule has 3 rings (SSSR count). The number of aryl methyl sites for hydroxylation is 1. The monoisotopic (exact) mass is 379 g/mol. The van der Waals surface area contributed by atoms with Crippen molar-refractivity contribution in [2.24, 2.45) is 0 Å². The number of rotatable bonds is 5. The third-order valence-corrected chi connectivity index (χ3v) is 7.05. The van der Waals surface area contributed by atoms with Gasteiger partial charge in [-0.3, -0.25) is 4.79 Å². The number of nitrogens with zero attached hydrogens (tertiary/aromatic N) is 2. The summed E-state index contributed by atoms with van der Waals surface area (Å²) in [5.41, 5.74) is 1.09. The van der Waals surface area contributed by atoms with E-state index in [9.17, 15) is 13.2 Å². The fourth-order valence-electron chi connectivity index (χ4n) is 2.86. The van der Waals surface area contributed by atoms with Crippen LogP contribution >= 0.6 is 11.3 Å². The number of benzene rings is 1. The van der Waals surface area contributed by atoms with Crippen molar-refractivity contribution in [1.29, 1.82) is 0 Å². The number of piperidine rings is 1. The second kappa shape index (κ2) is 7.63. The van der Waals surface area contributed by atoms with E-state index in [1.54, 1.807) is 18.2 Å². The minimum Gasteiger partial charge on any atom is -0.345 e. The van der Waals surface area contributed by atoms with Crippen molar-refractivity contribution in [1.82, 2.24) is 14.6 Å². The second-order valence-electron chi connectivity index (χ2n) is 6.03. The normalized spacial score (nSPS) is 15.9. The molecule has 134 valence electrons. The quantitative estimate of drug-likeness (QED) is 0.866. The van der Waals surface area contributed by atoms with Gasteiger partial charge in [-0.05, 0) is 31.9 Å². The summed E-state index contributed by atoms with van der Waals surface area (Å²) in [6.45, 7) is 3.20. The van der Waals surface area contributed by atoms with E-state index in [0.29, 0.717) is 13.1 Å². The highest BCUT2D eigenvalue weighted by atomic mass is 32.2. The molecule has 1 N–H and O–H groups in total. The van der Waals surface area contributed by atoms with E-state index >= 15 is 0 Å². The number of thiazole rings is 1. The Balaban J connectivity index is 1.81. The first-order valence-corrected chi connectivity index (χ1v) is 10.6. The number of sulfonamides is 1. The van der Waals surface area contributed by atoms with E-state index < -0.39 is 15.9 Å². The number of aromatic nitrogens is 1. The molecule has 8 heteroatoms. The SMILES string of the molecule is Cc1csc(CNC(=O)c2ccccc2S(=O)(=O)N2CCCCC2)n1. The molecule has 0 unspecified atom stereocenters. The molecule has 1 fully saturated rings. The van der Waals surface area contributed by atoms with Crippen molar-refractivity contribution in [2.75, 3.05) is 13.1 Å². The van der Waals surface area contributed by atoms with Crippen LogP contribution in [0.4, 0.5) is 0 Å². The summed E-state index contributed by atoms with van der Waals surface area (Å²) in [5.74, 6) is -0.399. The molecule has 1 aromatic heterocycles. The van der Waals surface area contributed by atoms with E-state index in [4.69, 9.17) is 0 Å². The van der Waals surface area contributed by atoms with E-state index in [1.807, 2.05) is 12.3 Å². The van der Waals surface area contributed by atoms with Gasteiger partial charge in [-0.15, -0.1) is 11.3 Å². The van der Waals surface area contributed by atoms with E-state index in [1.165, 1.54) is 21.7 Å². The molecule has 0 aliphatic carbocycles. The molecular weight excluding hydrogens is 358 g/mol. The highest BCUT2D eigenvalue weighted by Crippen LogP contribution is 2.23. The van der Waals surface area contributed by atoms with E-state index in [0.717, 1.165) is 30.0 Å². The van der Waals surface area contributed by atoms with Crippen LogP contribution in [0.5, 0.6) is 0 Å². The van der Waals surface area contributed by atoms with Gasteiger partial charge in [0.1, 0.15) is 5.01 Å². The smallest absolute Gasteiger partial charge is 0.253 e. The summed E-state index contributed by atoms with van der Waals surface area (Å²) < 4.78 is 27.3. The van der Waals surface area contributed by atoms with E-state index in [2.05, 4.69) is 10.3 Å². The van der Waals surface area contributed by atoms with Crippen LogP contribution in [-0.2, 0) is 16.6 Å². The molecule has 0 saturated carbocycles. The van der Waals surface area contributed by atoms with Gasteiger partial charge < -0.3 is 5.32 Å². The lowest BCUT2D eigenvalue weighted by Gasteiger charge is -2.26. The number of carbonyl (C=O) groups is 1. The van der Waals surface area contributed by atoms with Gasteiger partial charge in [0.2, 0.25) is 10.0 Å². The number of hydrogen-bond acceptors (Lipinski definition) is 5. The van der Waals surface area contributed by atoms with Crippen molar-refractivity contribution in [2.45, 2.75) is 37.6 Å². The largest absolute Gasteiger partial charge is 0.345 e. The summed E-state index contributed by atoms with van der Waals surface area (Å²) >= 11 is 1.47. The zero-order valence-corrected chi connectivity index (χ0v) is 15.7. The van der Waals surface area contributed by atoms with Crippen LogP contribution in [0.1, 0.15) is 40.3 Å². The van der Waals surface area contributed by atoms with Gasteiger partial charge >= 0.3 is 0 Å². The summed E-state index contributed by atoms with van der Waals surface area (Å²) in [4.78, 5) is 16.9. The minimum atomic E-state index is -3.66. The fraction of sp³-hybridized carbons (Fsp3) is 0.412. The molecule has 6 nitrogen and oxygen atoms in total. The Kier molecular flexibility index (Phi) is 5.51. The number of amides is 1. The van der Waals surface area contributed by atoms with Gasteiger partial charge in [-0.1, -0.05) is 18.6 Å². The number of carbonyl (C=O) groups excluding carboxylic acids is 1. The van der Waals surface area contributed by atoms with Crippen LogP contribution in [0.3, 0.4) is 0 Å². The van der Waals surface area contributed by atoms with Crippen molar-refractivity contribution in [3.05, 3.63) is 45.9 Å². The third-order valence-electron chi connectivity index (χ3n) is 4.13. The molecule has 0 spiro atoms. The van der Waals surface area contributed by atoms with Gasteiger partial charge in [0, 0.05) is 24.2 Å². The molecule has 1 aliphatic rings. The molecule has 1 aromatic carbocycles. The Morgan fingerprint density at radius 1 is 1.24 bits per heavy atom. The fourth-order valence-corrected chi connectivity index (χ4v) is 5.28. The maximum atomic E-state index is 12.9. The summed E-state index contributed by atoms with van der Waals surface area (Å²) in [7, 11) is -3.66. The lowest BCUT2D eigenvalue weighted by molar-refractivity contribution is 0.0947. The Hall–Kier alpha value is -1.77. The van der Waals surface area contributed by atoms with E-state index in [-0.39, 0.29) is 17.0 Å². The third kappa shape index (κ3) is 4.08. The van der Waals surface area contributed by atoms with Gasteiger partial charge in [-0.2, -0.15) is 4.31 Å². The summed E-state index contributed by atoms with van der Waals surface area (Å²) in [6, 6.07) is 6.39. The van der Waals surface area contributed by atoms with Gasteiger partial charge in [0.15, 0.2) is 0 Å². The summed E-state index contributed by atoms with van der Waals surface area (Å²) in [5, 5.41) is 5.48. The molecular formula is C17H21N3O3S2. The van der Waals surface area contributed by atoms with Crippen LogP contribution in [0.2, 0.25) is 0 Å². The van der Waals surface area contributed by atoms with Crippen molar-refractivity contribution in [3.63, 3.8) is 0 Å². The highest BCUT2D eigenvalue weighted by Gasteiger charge is 2.29. The topological polar surface area (TPSA) is 79.4 Å². The van der Waals surface area contributed by atoms with Crippen molar-refractivity contribution >= 4 is 27.3 Å². The first-order valence-electron chi connectivity index (χ1n) is 8.27. The molecule has 25 heavy (non-hydrogen) atoms. The molecule has 1 amide bonds. The highest BCUT2D eigenvalue weighted by molar-refractivity contribution is 7.89. The maximum Gasteiger partial charge on any atom is 0.253 e. The molecule has 0 radical (unpaired) electrons. The van der Waals surface area contributed by atoms with Crippen LogP contribution in [0.15, 0.2) is 34.5 Å². The second-order valence-corrected chi connectivity index (χ2v) is 8.88. The van der Waals surface area contributed by atoms with Crippen LogP contribution in [0.25, 0.3) is 0 Å². The number of hydrogen-bond donors (Lipinski definition) is 1. The average molecular weight is 380 g/mol. The van der Waals surface area contributed by atoms with Gasteiger partial charge in [-0.25, -0.2) is 13.4 Å². The lowest BCUT2D eigenvalue weighted by atomic mass is 10.2. The first kappa shape index (κ1) is 18.0. The van der Waals surface area contributed by atoms with Crippen LogP contribution in [-0.4, -0.2) is 36.7 Å². The summed E-state index contributed by atoms with van der Waals surface area (Å²) in [6.07, 6.45) is 2.76. The molecule has 2 aromatic rings. The van der Waals surface area contributed by atoms with Crippen LogP contribution < -0.4 is 5.32 Å². The lowest BCUT2D eigenvalue weighted by Crippen LogP contribution is -2.37. The molecule has 2 heterocycles.